The number of nitrogens with zero attached hydrogens (tertiary/aromatic N) is 3. The summed E-state index contributed by atoms with van der Waals surface area (Å²) in [5.74, 6) is -2.03. The van der Waals surface area contributed by atoms with Crippen LogP contribution in [0.15, 0.2) is 72.6 Å². The molecule has 1 aliphatic heterocycles. The van der Waals surface area contributed by atoms with Crippen molar-refractivity contribution in [2.75, 3.05) is 19.0 Å². The van der Waals surface area contributed by atoms with Crippen molar-refractivity contribution in [3.05, 3.63) is 72.6 Å². The third kappa shape index (κ3) is 10.5. The average molecular weight is 918 g/mol. The molecular weight excluding hydrogens is 863 g/mol. The third-order valence-electron chi connectivity index (χ3n) is 11.5. The molecule has 2 aromatic heterocycles. The standard InChI is InChI=1S/C45H55N7O10S2/c1-8-27-23-45(27,41(55)51-64(57,58)62-29-16-10-9-11-17-29)50-39(53)36-21-31(24-52(36)40(54)38(44(4,5)6)49-43(56)61-28-14-12-13-15-28)60-37-22-34(35-25-63-42(48-35)46-26(2)3)47-33-20-30(59-7)18-19-32(33)37/h8-11,16-20,22,25-28,31,36,38H,1,12-15,21,23-24H2,2-7H3,(H,46,48)(H,49,56)(H,50,53)(H,51,55)/t27-,31-,36+,38-,45-/m1/s1. The first-order chi connectivity index (χ1) is 30.4. The summed E-state index contributed by atoms with van der Waals surface area (Å²) in [6, 6.07) is 12.5. The van der Waals surface area contributed by atoms with Crippen LogP contribution in [0.25, 0.3) is 22.3 Å². The molecule has 4 N–H and O–H groups in total. The smallest absolute Gasteiger partial charge is 0.409 e. The van der Waals surface area contributed by atoms with Crippen LogP contribution in [0.3, 0.4) is 0 Å². The lowest BCUT2D eigenvalue weighted by molar-refractivity contribution is -0.143. The van der Waals surface area contributed by atoms with E-state index >= 15 is 0 Å². The fourth-order valence-corrected chi connectivity index (χ4v) is 9.75. The largest absolute Gasteiger partial charge is 0.497 e. The van der Waals surface area contributed by atoms with Crippen LogP contribution in [-0.4, -0.2) is 96.6 Å². The van der Waals surface area contributed by atoms with Gasteiger partial charge in [0, 0.05) is 41.3 Å². The topological polar surface area (TPSA) is 216 Å². The van der Waals surface area contributed by atoms with Crippen LogP contribution in [0.1, 0.15) is 73.1 Å². The van der Waals surface area contributed by atoms with Gasteiger partial charge >= 0.3 is 16.4 Å². The Kier molecular flexibility index (Phi) is 13.4. The highest BCUT2D eigenvalue weighted by Gasteiger charge is 2.62. The Morgan fingerprint density at radius 3 is 2.38 bits per heavy atom. The molecule has 2 aliphatic carbocycles. The van der Waals surface area contributed by atoms with Gasteiger partial charge in [0.25, 0.3) is 5.91 Å². The number of thiazole rings is 1. The molecule has 3 fully saturated rings. The molecule has 4 aromatic rings. The maximum Gasteiger partial charge on any atom is 0.409 e. The highest BCUT2D eigenvalue weighted by Crippen LogP contribution is 2.45. The summed E-state index contributed by atoms with van der Waals surface area (Å²) in [6.07, 6.45) is 2.98. The van der Waals surface area contributed by atoms with Gasteiger partial charge in [-0.1, -0.05) is 45.0 Å². The lowest BCUT2D eigenvalue weighted by Crippen LogP contribution is -2.60. The van der Waals surface area contributed by atoms with E-state index in [1.165, 1.54) is 34.4 Å². The summed E-state index contributed by atoms with van der Waals surface area (Å²) >= 11 is 1.43. The van der Waals surface area contributed by atoms with E-state index < -0.39 is 69.2 Å². The number of anilines is 1. The molecule has 5 atom stereocenters. The molecule has 0 unspecified atom stereocenters. The summed E-state index contributed by atoms with van der Waals surface area (Å²) in [7, 11) is -3.12. The monoisotopic (exact) mass is 917 g/mol. The first-order valence-electron chi connectivity index (χ1n) is 21.3. The summed E-state index contributed by atoms with van der Waals surface area (Å²) in [6.45, 7) is 13.1. The minimum atomic E-state index is -4.67. The normalized spacial score (nSPS) is 21.5. The number of nitrogens with one attached hydrogen (secondary N) is 4. The van der Waals surface area contributed by atoms with E-state index in [0.717, 1.165) is 30.8 Å². The second-order valence-electron chi connectivity index (χ2n) is 17.8. The number of para-hydroxylation sites is 1. The van der Waals surface area contributed by atoms with Gasteiger partial charge in [0.2, 0.25) is 11.8 Å². The van der Waals surface area contributed by atoms with E-state index in [2.05, 4.69) is 22.5 Å². The number of amides is 4. The highest BCUT2D eigenvalue weighted by molar-refractivity contribution is 7.85. The number of carbonyl (C=O) groups is 4. The van der Waals surface area contributed by atoms with Gasteiger partial charge in [-0.05, 0) is 75.6 Å². The Morgan fingerprint density at radius 1 is 0.984 bits per heavy atom. The summed E-state index contributed by atoms with van der Waals surface area (Å²) in [5.41, 5.74) is -0.896. The van der Waals surface area contributed by atoms with E-state index in [0.29, 0.717) is 33.8 Å². The van der Waals surface area contributed by atoms with Crippen molar-refractivity contribution in [1.82, 2.24) is 30.2 Å². The second-order valence-corrected chi connectivity index (χ2v) is 19.9. The van der Waals surface area contributed by atoms with Crippen LogP contribution >= 0.6 is 11.3 Å². The first kappa shape index (κ1) is 46.1. The maximum absolute atomic E-state index is 14.9. The zero-order valence-corrected chi connectivity index (χ0v) is 38.3. The van der Waals surface area contributed by atoms with Crippen LogP contribution in [0.4, 0.5) is 9.93 Å². The van der Waals surface area contributed by atoms with Gasteiger partial charge < -0.3 is 39.2 Å². The van der Waals surface area contributed by atoms with Gasteiger partial charge in [-0.2, -0.15) is 8.42 Å². The van der Waals surface area contributed by atoms with Crippen molar-refractivity contribution in [2.24, 2.45) is 11.3 Å². The molecule has 3 heterocycles. The molecule has 1 saturated heterocycles. The fourth-order valence-electron chi connectivity index (χ4n) is 8.08. The maximum atomic E-state index is 14.9. The molecule has 7 rings (SSSR count). The highest BCUT2D eigenvalue weighted by atomic mass is 32.2. The lowest BCUT2D eigenvalue weighted by Gasteiger charge is -2.35. The summed E-state index contributed by atoms with van der Waals surface area (Å²) < 4.78 is 51.0. The predicted octanol–water partition coefficient (Wildman–Crippen LogP) is 6.12. The zero-order chi connectivity index (χ0) is 46.0. The minimum absolute atomic E-state index is 0.0232. The second kappa shape index (κ2) is 18.6. The first-order valence-corrected chi connectivity index (χ1v) is 23.6. The van der Waals surface area contributed by atoms with Crippen molar-refractivity contribution < 1.29 is 46.0 Å². The third-order valence-corrected chi connectivity index (χ3v) is 13.1. The molecule has 3 aliphatic rings. The Labute approximate surface area is 376 Å². The SMILES string of the molecule is C=C[C@@H]1C[C@]1(NC(=O)[C@@H]1C[C@@H](Oc2cc(-c3csc(NC(C)C)n3)nc3cc(OC)ccc23)CN1C(=O)[C@@H](NC(=O)OC1CCCC1)C(C)(C)C)C(=O)NS(=O)(=O)Oc1ccccc1. The van der Waals surface area contributed by atoms with Crippen LogP contribution < -0.4 is 34.3 Å². The van der Waals surface area contributed by atoms with Crippen molar-refractivity contribution in [3.63, 3.8) is 0 Å². The van der Waals surface area contributed by atoms with E-state index in [9.17, 15) is 27.6 Å². The zero-order valence-electron chi connectivity index (χ0n) is 36.7. The fraction of sp³-hybridized carbons (Fsp3) is 0.467. The van der Waals surface area contributed by atoms with Crippen LogP contribution in [0.2, 0.25) is 0 Å². The molecule has 64 heavy (non-hydrogen) atoms. The van der Waals surface area contributed by atoms with E-state index in [4.69, 9.17) is 28.4 Å². The number of pyridine rings is 1. The van der Waals surface area contributed by atoms with Crippen molar-refractivity contribution in [3.8, 4) is 28.6 Å². The Morgan fingerprint density at radius 2 is 1.72 bits per heavy atom. The van der Waals surface area contributed by atoms with Gasteiger partial charge in [0.05, 0.1) is 24.9 Å². The number of hydrogen-bond donors (Lipinski definition) is 4. The number of rotatable bonds is 16. The number of carbonyl (C=O) groups excluding carboxylic acids is 4. The number of fused-ring (bicyclic) bond motifs is 1. The van der Waals surface area contributed by atoms with Crippen molar-refractivity contribution in [1.29, 1.82) is 0 Å². The summed E-state index contributed by atoms with van der Waals surface area (Å²) in [5, 5.41) is 12.1. The minimum Gasteiger partial charge on any atom is -0.497 e. The van der Waals surface area contributed by atoms with Gasteiger partial charge in [0.15, 0.2) is 5.13 Å². The van der Waals surface area contributed by atoms with E-state index in [1.807, 2.05) is 30.0 Å². The van der Waals surface area contributed by atoms with E-state index in [1.54, 1.807) is 64.3 Å². The predicted molar refractivity (Wildman–Crippen MR) is 241 cm³/mol. The molecule has 0 bridgehead atoms. The molecule has 0 radical (unpaired) electrons. The Balaban J connectivity index is 1.20. The number of ether oxygens (including phenoxy) is 3. The number of aromatic nitrogens is 2. The average Bonchev–Trinajstić information content (AvgIpc) is 3.65. The molecule has 17 nitrogen and oxygen atoms in total. The molecule has 2 aromatic carbocycles. The molecular formula is C45H55N7O10S2. The van der Waals surface area contributed by atoms with E-state index in [-0.39, 0.29) is 37.3 Å². The van der Waals surface area contributed by atoms with Crippen molar-refractivity contribution >= 4 is 61.5 Å². The van der Waals surface area contributed by atoms with Crippen molar-refractivity contribution in [2.45, 2.75) is 109 Å². The molecule has 19 heteroatoms. The molecule has 0 spiro atoms. The van der Waals surface area contributed by atoms with Crippen LogP contribution in [0.5, 0.6) is 17.2 Å². The molecule has 4 amide bonds. The summed E-state index contributed by atoms with van der Waals surface area (Å²) in [4.78, 5) is 67.6. The lowest BCUT2D eigenvalue weighted by atomic mass is 9.85. The number of methoxy groups -OCH3 is 1. The Hall–Kier alpha value is -5.95. The van der Waals surface area contributed by atoms with Gasteiger partial charge in [-0.3, -0.25) is 14.4 Å². The van der Waals surface area contributed by atoms with Gasteiger partial charge in [-0.15, -0.1) is 17.9 Å². The Bertz CT molecular complexity index is 2510. The number of likely N-dealkylation sites (tertiary alicyclic amines) is 1. The van der Waals surface area contributed by atoms with Crippen LogP contribution in [0, 0.1) is 11.3 Å². The molecule has 342 valence electrons. The number of benzene rings is 2. The number of alkyl carbamates (subject to hydrolysis) is 1. The van der Waals surface area contributed by atoms with Crippen LogP contribution in [-0.2, 0) is 29.4 Å². The quantitative estimate of drug-likeness (QED) is 0.0934. The molecule has 2 saturated carbocycles. The van der Waals surface area contributed by atoms with Gasteiger partial charge in [-0.25, -0.2) is 19.5 Å². The number of hydrogen-bond acceptors (Lipinski definition) is 14. The van der Waals surface area contributed by atoms with Gasteiger partial charge in [0.1, 0.15) is 52.8 Å².